The standard InChI is InChI=1S/C31H25N2O3.BrH/c1-32(2)26-16-10-22(11-17-26)20-28(33-18-6-3-7-19-33)30(34)24-14-12-23(13-15-24)27-21-25-8-4-5-9-29(25)36-31(27)35;/h3-21H,1-2H3;1H/q+1;/p-1. The Morgan fingerprint density at radius 2 is 1.51 bits per heavy atom. The summed E-state index contributed by atoms with van der Waals surface area (Å²) in [4.78, 5) is 28.2. The molecule has 0 amide bonds. The lowest BCUT2D eigenvalue weighted by Crippen LogP contribution is -3.00. The first-order valence-corrected chi connectivity index (χ1v) is 11.6. The van der Waals surface area contributed by atoms with Gasteiger partial charge in [-0.1, -0.05) is 60.7 Å². The van der Waals surface area contributed by atoms with Crippen molar-refractivity contribution in [2.45, 2.75) is 0 Å². The average molecular weight is 553 g/mol. The maximum absolute atomic E-state index is 13.6. The van der Waals surface area contributed by atoms with Crippen LogP contribution in [0.5, 0.6) is 0 Å². The van der Waals surface area contributed by atoms with E-state index in [1.165, 1.54) is 0 Å². The van der Waals surface area contributed by atoms with E-state index in [0.717, 1.165) is 16.6 Å². The lowest BCUT2D eigenvalue weighted by atomic mass is 10.0. The summed E-state index contributed by atoms with van der Waals surface area (Å²) in [6.45, 7) is 0. The van der Waals surface area contributed by atoms with Gasteiger partial charge in [0.05, 0.1) is 5.56 Å². The summed E-state index contributed by atoms with van der Waals surface area (Å²) in [5, 5.41) is 0.846. The number of halogens is 1. The molecule has 0 aliphatic heterocycles. The fourth-order valence-electron chi connectivity index (χ4n) is 4.06. The minimum absolute atomic E-state index is 0. The highest BCUT2D eigenvalue weighted by atomic mass is 79.9. The van der Waals surface area contributed by atoms with E-state index in [9.17, 15) is 9.59 Å². The zero-order valence-corrected chi connectivity index (χ0v) is 22.1. The molecule has 3 aromatic carbocycles. The van der Waals surface area contributed by atoms with Crippen molar-refractivity contribution in [3.05, 3.63) is 131 Å². The summed E-state index contributed by atoms with van der Waals surface area (Å²) in [5.41, 5.74) is 4.35. The molecule has 2 heterocycles. The van der Waals surface area contributed by atoms with E-state index in [4.69, 9.17) is 4.42 Å². The summed E-state index contributed by atoms with van der Waals surface area (Å²) in [7, 11) is 3.98. The number of benzene rings is 3. The molecule has 0 fully saturated rings. The number of allylic oxidation sites excluding steroid dienone is 1. The Morgan fingerprint density at radius 1 is 0.838 bits per heavy atom. The van der Waals surface area contributed by atoms with Crippen LogP contribution in [0.25, 0.3) is 33.9 Å². The number of Topliss-reactive ketones (excluding diaryl/α,β-unsaturated/α-hetero) is 1. The Morgan fingerprint density at radius 3 is 2.19 bits per heavy atom. The van der Waals surface area contributed by atoms with Gasteiger partial charge in [-0.05, 0) is 35.4 Å². The van der Waals surface area contributed by atoms with E-state index in [-0.39, 0.29) is 22.8 Å². The number of anilines is 1. The second-order valence-electron chi connectivity index (χ2n) is 8.69. The van der Waals surface area contributed by atoms with E-state index in [1.807, 2.05) is 109 Å². The van der Waals surface area contributed by atoms with Crippen LogP contribution in [0.3, 0.4) is 0 Å². The predicted octanol–water partition coefficient (Wildman–Crippen LogP) is 2.70. The topological polar surface area (TPSA) is 54.4 Å². The van der Waals surface area contributed by atoms with Crippen molar-refractivity contribution in [2.75, 3.05) is 19.0 Å². The number of aromatic nitrogens is 1. The van der Waals surface area contributed by atoms with Crippen LogP contribution in [-0.2, 0) is 0 Å². The van der Waals surface area contributed by atoms with Crippen LogP contribution in [0, 0.1) is 0 Å². The maximum Gasteiger partial charge on any atom is 0.344 e. The van der Waals surface area contributed by atoms with Crippen molar-refractivity contribution in [1.29, 1.82) is 0 Å². The number of hydrogen-bond acceptors (Lipinski definition) is 4. The van der Waals surface area contributed by atoms with Crippen LogP contribution in [0.15, 0.2) is 119 Å². The molecule has 5 nitrogen and oxygen atoms in total. The molecule has 37 heavy (non-hydrogen) atoms. The molecule has 0 aliphatic carbocycles. The van der Waals surface area contributed by atoms with Crippen molar-refractivity contribution in [3.8, 4) is 11.1 Å². The summed E-state index contributed by atoms with van der Waals surface area (Å²) in [6.07, 6.45) is 5.59. The van der Waals surface area contributed by atoms with Gasteiger partial charge < -0.3 is 26.3 Å². The molecule has 184 valence electrons. The zero-order chi connectivity index (χ0) is 25.1. The van der Waals surface area contributed by atoms with Gasteiger partial charge in [-0.25, -0.2) is 4.79 Å². The fraction of sp³-hybridized carbons (Fsp3) is 0.0645. The molecular formula is C31H25BrN2O3. The summed E-state index contributed by atoms with van der Waals surface area (Å²) < 4.78 is 7.29. The van der Waals surface area contributed by atoms with Gasteiger partial charge in [0.1, 0.15) is 5.58 Å². The van der Waals surface area contributed by atoms with Crippen LogP contribution in [0.4, 0.5) is 5.69 Å². The third-order valence-electron chi connectivity index (χ3n) is 6.04. The maximum atomic E-state index is 13.6. The lowest BCUT2D eigenvalue weighted by molar-refractivity contribution is -0.575. The Hall–Kier alpha value is -4.29. The van der Waals surface area contributed by atoms with Crippen molar-refractivity contribution in [3.63, 3.8) is 0 Å². The molecule has 5 aromatic rings. The van der Waals surface area contributed by atoms with Gasteiger partial charge in [-0.15, -0.1) is 0 Å². The van der Waals surface area contributed by atoms with E-state index < -0.39 is 5.63 Å². The molecular weight excluding hydrogens is 528 g/mol. The molecule has 0 atom stereocenters. The third-order valence-corrected chi connectivity index (χ3v) is 6.04. The Labute approximate surface area is 225 Å². The highest BCUT2D eigenvalue weighted by molar-refractivity contribution is 6.25. The van der Waals surface area contributed by atoms with Crippen LogP contribution in [0.2, 0.25) is 0 Å². The lowest BCUT2D eigenvalue weighted by Gasteiger charge is -2.11. The Balaban J connectivity index is 0.00000320. The molecule has 0 N–H and O–H groups in total. The smallest absolute Gasteiger partial charge is 0.344 e. The average Bonchev–Trinajstić information content (AvgIpc) is 2.92. The van der Waals surface area contributed by atoms with Crippen molar-refractivity contribution >= 4 is 34.2 Å². The van der Waals surface area contributed by atoms with E-state index in [1.54, 1.807) is 30.3 Å². The number of rotatable bonds is 6. The second-order valence-corrected chi connectivity index (χ2v) is 8.69. The summed E-state index contributed by atoms with van der Waals surface area (Å²) >= 11 is 0. The summed E-state index contributed by atoms with van der Waals surface area (Å²) in [5.74, 6) is -0.125. The largest absolute Gasteiger partial charge is 1.00 e. The van der Waals surface area contributed by atoms with Gasteiger partial charge in [0.2, 0.25) is 0 Å². The number of carbonyl (C=O) groups excluding carboxylic acids is 1. The molecule has 5 rings (SSSR count). The number of para-hydroxylation sites is 1. The molecule has 6 heteroatoms. The molecule has 0 unspecified atom stereocenters. The van der Waals surface area contributed by atoms with Gasteiger partial charge in [0.15, 0.2) is 12.4 Å². The number of carbonyl (C=O) groups is 1. The third kappa shape index (κ3) is 5.60. The number of pyridine rings is 1. The normalized spacial score (nSPS) is 11.1. The highest BCUT2D eigenvalue weighted by Crippen LogP contribution is 2.23. The minimum atomic E-state index is -0.408. The molecule has 2 aromatic heterocycles. The fourth-order valence-corrected chi connectivity index (χ4v) is 4.06. The van der Waals surface area contributed by atoms with Crippen LogP contribution < -0.4 is 32.1 Å². The van der Waals surface area contributed by atoms with Gasteiger partial charge in [0, 0.05) is 48.9 Å². The van der Waals surface area contributed by atoms with Crippen LogP contribution in [0.1, 0.15) is 15.9 Å². The SMILES string of the molecule is CN(C)c1ccc(C=C(C(=O)c2ccc(-c3cc4ccccc4oc3=O)cc2)[n+]2ccccc2)cc1.[Br-]. The van der Waals surface area contributed by atoms with Gasteiger partial charge in [0.25, 0.3) is 11.5 Å². The predicted molar refractivity (Wildman–Crippen MR) is 144 cm³/mol. The zero-order valence-electron chi connectivity index (χ0n) is 20.5. The van der Waals surface area contributed by atoms with Crippen LogP contribution >= 0.6 is 0 Å². The monoisotopic (exact) mass is 552 g/mol. The van der Waals surface area contributed by atoms with Crippen molar-refractivity contribution in [2.24, 2.45) is 0 Å². The summed E-state index contributed by atoms with van der Waals surface area (Å²) in [6, 6.07) is 30.0. The van der Waals surface area contributed by atoms with E-state index >= 15 is 0 Å². The number of hydrogen-bond donors (Lipinski definition) is 0. The number of nitrogens with zero attached hydrogens (tertiary/aromatic N) is 2. The Bertz CT molecular complexity index is 1620. The minimum Gasteiger partial charge on any atom is -1.00 e. The molecule has 0 radical (unpaired) electrons. The van der Waals surface area contributed by atoms with Gasteiger partial charge >= 0.3 is 5.63 Å². The first-order chi connectivity index (χ1) is 17.5. The molecule has 0 spiro atoms. The van der Waals surface area contributed by atoms with Crippen molar-refractivity contribution < 1.29 is 30.8 Å². The number of fused-ring (bicyclic) bond motifs is 1. The molecule has 0 aliphatic rings. The molecule has 0 saturated heterocycles. The number of ketones is 1. The second kappa shape index (κ2) is 11.2. The van der Waals surface area contributed by atoms with Crippen molar-refractivity contribution in [1.82, 2.24) is 0 Å². The van der Waals surface area contributed by atoms with Gasteiger partial charge in [-0.2, -0.15) is 4.57 Å². The van der Waals surface area contributed by atoms with Crippen LogP contribution in [-0.4, -0.2) is 19.9 Å². The quantitative estimate of drug-likeness (QED) is 0.141. The Kier molecular flexibility index (Phi) is 7.80. The first-order valence-electron chi connectivity index (χ1n) is 11.6. The first kappa shape index (κ1) is 25.8. The van der Waals surface area contributed by atoms with E-state index in [0.29, 0.717) is 28.0 Å². The van der Waals surface area contributed by atoms with E-state index in [2.05, 4.69) is 0 Å². The molecule has 0 bridgehead atoms. The van der Waals surface area contributed by atoms with Gasteiger partial charge in [-0.3, -0.25) is 4.79 Å². The molecule has 0 saturated carbocycles. The highest BCUT2D eigenvalue weighted by Gasteiger charge is 2.22.